The fraction of sp³-hybridized carbons (Fsp3) is 0.240. The summed E-state index contributed by atoms with van der Waals surface area (Å²) in [5, 5.41) is 5.80. The molecule has 1 aromatic carbocycles. The maximum absolute atomic E-state index is 12.9. The van der Waals surface area contributed by atoms with E-state index in [1.165, 1.54) is 0 Å². The SMILES string of the molecule is Cc1cc(-c2ccc3cnc(NC(=O)c4ccnc(N5CCN(C)CC5)c4)cc3c2)sc1N. The molecule has 3 N–H and O–H groups in total. The Balaban J connectivity index is 1.36. The molecule has 0 radical (unpaired) electrons. The van der Waals surface area contributed by atoms with Crippen LogP contribution in [0.3, 0.4) is 0 Å². The van der Waals surface area contributed by atoms with Gasteiger partial charge in [-0.15, -0.1) is 11.3 Å². The zero-order chi connectivity index (χ0) is 22.9. The molecule has 3 aromatic heterocycles. The van der Waals surface area contributed by atoms with Crippen LogP contribution in [0.15, 0.2) is 54.9 Å². The number of rotatable bonds is 4. The highest BCUT2D eigenvalue weighted by Crippen LogP contribution is 2.34. The Labute approximate surface area is 196 Å². The molecule has 0 saturated carbocycles. The second-order valence-corrected chi connectivity index (χ2v) is 9.52. The minimum absolute atomic E-state index is 0.197. The van der Waals surface area contributed by atoms with Gasteiger partial charge in [0.05, 0.1) is 5.00 Å². The predicted octanol–water partition coefficient (Wildman–Crippen LogP) is 4.25. The van der Waals surface area contributed by atoms with Crippen molar-refractivity contribution in [1.29, 1.82) is 0 Å². The summed E-state index contributed by atoms with van der Waals surface area (Å²) in [4.78, 5) is 27.5. The molecular weight excluding hydrogens is 432 g/mol. The van der Waals surface area contributed by atoms with Crippen LogP contribution in [-0.2, 0) is 0 Å². The summed E-state index contributed by atoms with van der Waals surface area (Å²) in [5.74, 6) is 1.15. The first-order chi connectivity index (χ1) is 16.0. The summed E-state index contributed by atoms with van der Waals surface area (Å²) in [7, 11) is 2.12. The van der Waals surface area contributed by atoms with E-state index in [1.54, 1.807) is 29.8 Å². The number of thiophene rings is 1. The van der Waals surface area contributed by atoms with Crippen LogP contribution in [0.2, 0.25) is 0 Å². The molecule has 33 heavy (non-hydrogen) atoms. The number of nitrogens with two attached hydrogens (primary N) is 1. The van der Waals surface area contributed by atoms with Crippen LogP contribution in [0.5, 0.6) is 0 Å². The highest BCUT2D eigenvalue weighted by atomic mass is 32.1. The van der Waals surface area contributed by atoms with Gasteiger partial charge >= 0.3 is 0 Å². The molecule has 1 amide bonds. The van der Waals surface area contributed by atoms with Gasteiger partial charge in [-0.05, 0) is 60.8 Å². The fourth-order valence-electron chi connectivity index (χ4n) is 3.96. The van der Waals surface area contributed by atoms with Crippen molar-refractivity contribution < 1.29 is 4.79 Å². The number of nitrogens with zero attached hydrogens (tertiary/aromatic N) is 4. The maximum Gasteiger partial charge on any atom is 0.257 e. The minimum atomic E-state index is -0.197. The third-order valence-electron chi connectivity index (χ3n) is 6.04. The van der Waals surface area contributed by atoms with E-state index in [2.05, 4.69) is 50.3 Å². The number of fused-ring (bicyclic) bond motifs is 1. The predicted molar refractivity (Wildman–Crippen MR) is 136 cm³/mol. The largest absolute Gasteiger partial charge is 0.390 e. The van der Waals surface area contributed by atoms with Gasteiger partial charge in [0.2, 0.25) is 0 Å². The molecule has 0 aliphatic carbocycles. The number of carbonyl (C=O) groups is 1. The smallest absolute Gasteiger partial charge is 0.257 e. The molecule has 0 spiro atoms. The molecule has 8 heteroatoms. The lowest BCUT2D eigenvalue weighted by molar-refractivity contribution is 0.102. The zero-order valence-corrected chi connectivity index (χ0v) is 19.5. The van der Waals surface area contributed by atoms with Crippen molar-refractivity contribution >= 4 is 44.7 Å². The van der Waals surface area contributed by atoms with Crippen molar-refractivity contribution in [3.8, 4) is 10.4 Å². The van der Waals surface area contributed by atoms with Crippen LogP contribution in [0.4, 0.5) is 16.6 Å². The summed E-state index contributed by atoms with van der Waals surface area (Å²) in [6, 6.07) is 13.8. The Morgan fingerprint density at radius 2 is 1.85 bits per heavy atom. The summed E-state index contributed by atoms with van der Waals surface area (Å²) in [6.45, 7) is 5.79. The number of likely N-dealkylation sites (N-methyl/N-ethyl adjacent to an activating group) is 1. The van der Waals surface area contributed by atoms with Crippen molar-refractivity contribution in [3.63, 3.8) is 0 Å². The maximum atomic E-state index is 12.9. The normalized spacial score (nSPS) is 14.5. The molecule has 1 saturated heterocycles. The number of anilines is 3. The fourth-order valence-corrected chi connectivity index (χ4v) is 4.90. The first kappa shape index (κ1) is 21.4. The molecule has 4 heterocycles. The van der Waals surface area contributed by atoms with Crippen LogP contribution in [-0.4, -0.2) is 54.0 Å². The van der Waals surface area contributed by atoms with Crippen molar-refractivity contribution in [3.05, 3.63) is 66.0 Å². The summed E-state index contributed by atoms with van der Waals surface area (Å²) in [5.41, 5.74) is 8.80. The Bertz CT molecular complexity index is 1310. The number of carbonyl (C=O) groups excluding carboxylic acids is 1. The number of nitrogen functional groups attached to an aromatic ring is 1. The highest BCUT2D eigenvalue weighted by molar-refractivity contribution is 7.19. The van der Waals surface area contributed by atoms with Gasteiger partial charge in [0, 0.05) is 54.4 Å². The van der Waals surface area contributed by atoms with Crippen molar-refractivity contribution in [2.24, 2.45) is 0 Å². The van der Waals surface area contributed by atoms with Gasteiger partial charge in [-0.3, -0.25) is 4.79 Å². The Kier molecular flexibility index (Phi) is 5.70. The van der Waals surface area contributed by atoms with E-state index in [-0.39, 0.29) is 5.91 Å². The lowest BCUT2D eigenvalue weighted by Crippen LogP contribution is -2.44. The van der Waals surface area contributed by atoms with Gasteiger partial charge in [-0.25, -0.2) is 9.97 Å². The van der Waals surface area contributed by atoms with E-state index in [0.717, 1.165) is 63.8 Å². The molecule has 5 rings (SSSR count). The van der Waals surface area contributed by atoms with Crippen LogP contribution in [0, 0.1) is 6.92 Å². The minimum Gasteiger partial charge on any atom is -0.390 e. The number of amides is 1. The summed E-state index contributed by atoms with van der Waals surface area (Å²) in [6.07, 6.45) is 3.47. The van der Waals surface area contributed by atoms with Crippen molar-refractivity contribution in [1.82, 2.24) is 14.9 Å². The zero-order valence-electron chi connectivity index (χ0n) is 18.7. The lowest BCUT2D eigenvalue weighted by atomic mass is 10.1. The number of nitrogens with one attached hydrogen (secondary N) is 1. The monoisotopic (exact) mass is 458 g/mol. The number of pyridine rings is 2. The van der Waals surface area contributed by atoms with Crippen molar-refractivity contribution in [2.75, 3.05) is 49.2 Å². The first-order valence-electron chi connectivity index (χ1n) is 10.9. The molecule has 0 unspecified atom stereocenters. The van der Waals surface area contributed by atoms with Crippen LogP contribution >= 0.6 is 11.3 Å². The molecule has 0 atom stereocenters. The van der Waals surface area contributed by atoms with Gasteiger partial charge < -0.3 is 20.9 Å². The quantitative estimate of drug-likeness (QED) is 0.475. The van der Waals surface area contributed by atoms with Gasteiger partial charge in [-0.1, -0.05) is 12.1 Å². The van der Waals surface area contributed by atoms with E-state index < -0.39 is 0 Å². The second-order valence-electron chi connectivity index (χ2n) is 8.44. The number of benzene rings is 1. The molecule has 1 aliphatic heterocycles. The first-order valence-corrected chi connectivity index (χ1v) is 11.7. The number of hydrogen-bond acceptors (Lipinski definition) is 7. The van der Waals surface area contributed by atoms with Gasteiger partial charge in [0.1, 0.15) is 11.6 Å². The average molecular weight is 459 g/mol. The topological polar surface area (TPSA) is 87.4 Å². The van der Waals surface area contributed by atoms with E-state index in [0.29, 0.717) is 11.4 Å². The Morgan fingerprint density at radius 3 is 2.61 bits per heavy atom. The number of hydrogen-bond donors (Lipinski definition) is 2. The lowest BCUT2D eigenvalue weighted by Gasteiger charge is -2.33. The third-order valence-corrected chi connectivity index (χ3v) is 7.15. The van der Waals surface area contributed by atoms with E-state index >= 15 is 0 Å². The summed E-state index contributed by atoms with van der Waals surface area (Å²) >= 11 is 1.58. The standard InChI is InChI=1S/C25H26N6OS/c1-16-11-21(33-24(16)26)17-3-4-19-15-28-22(13-20(19)12-17)29-25(32)18-5-6-27-23(14-18)31-9-7-30(2)8-10-31/h3-6,11-15H,7-10,26H2,1-2H3,(H,28,29,32). The molecular formula is C25H26N6OS. The Hall–Kier alpha value is -3.49. The molecule has 1 aliphatic rings. The van der Waals surface area contributed by atoms with Crippen LogP contribution in [0.1, 0.15) is 15.9 Å². The van der Waals surface area contributed by atoms with Gasteiger partial charge in [0.15, 0.2) is 0 Å². The summed E-state index contributed by atoms with van der Waals surface area (Å²) < 4.78 is 0. The Morgan fingerprint density at radius 1 is 1.03 bits per heavy atom. The molecule has 0 bridgehead atoms. The molecule has 7 nitrogen and oxygen atoms in total. The average Bonchev–Trinajstić information content (AvgIpc) is 3.17. The third kappa shape index (κ3) is 4.53. The highest BCUT2D eigenvalue weighted by Gasteiger charge is 2.17. The van der Waals surface area contributed by atoms with E-state index in [1.807, 2.05) is 25.1 Å². The number of aryl methyl sites for hydroxylation is 1. The molecule has 4 aromatic rings. The molecule has 1 fully saturated rings. The van der Waals surface area contributed by atoms with E-state index in [4.69, 9.17) is 5.73 Å². The second kappa shape index (κ2) is 8.80. The number of piperazine rings is 1. The molecule has 168 valence electrons. The number of aromatic nitrogens is 2. The van der Waals surface area contributed by atoms with Crippen LogP contribution < -0.4 is 16.0 Å². The van der Waals surface area contributed by atoms with E-state index in [9.17, 15) is 4.79 Å². The van der Waals surface area contributed by atoms with Gasteiger partial charge in [0.25, 0.3) is 5.91 Å². The van der Waals surface area contributed by atoms with Gasteiger partial charge in [-0.2, -0.15) is 0 Å². The van der Waals surface area contributed by atoms with Crippen LogP contribution in [0.25, 0.3) is 21.2 Å². The van der Waals surface area contributed by atoms with Crippen molar-refractivity contribution in [2.45, 2.75) is 6.92 Å².